The second-order valence-electron chi connectivity index (χ2n) is 5.08. The van der Waals surface area contributed by atoms with Crippen LogP contribution in [0.3, 0.4) is 0 Å². The number of nitrogens with one attached hydrogen (secondary N) is 1. The van der Waals surface area contributed by atoms with Gasteiger partial charge in [-0.1, -0.05) is 6.07 Å². The van der Waals surface area contributed by atoms with Gasteiger partial charge in [0.25, 0.3) is 5.69 Å². The lowest BCUT2D eigenvalue weighted by molar-refractivity contribution is -0.384. The normalized spacial score (nSPS) is 14.4. The molecule has 1 aliphatic rings. The van der Waals surface area contributed by atoms with Crippen molar-refractivity contribution in [3.63, 3.8) is 0 Å². The molecule has 8 heteroatoms. The highest BCUT2D eigenvalue weighted by atomic mass is 16.6. The number of carbonyl (C=O) groups is 3. The van der Waals surface area contributed by atoms with Crippen molar-refractivity contribution >= 4 is 29.1 Å². The maximum absolute atomic E-state index is 12.0. The molecule has 0 unspecified atom stereocenters. The van der Waals surface area contributed by atoms with E-state index in [4.69, 9.17) is 0 Å². The number of imide groups is 1. The van der Waals surface area contributed by atoms with Crippen molar-refractivity contribution in [2.24, 2.45) is 0 Å². The zero-order valence-corrected chi connectivity index (χ0v) is 12.2. The molecule has 0 bridgehead atoms. The lowest BCUT2D eigenvalue weighted by Gasteiger charge is -2.15. The highest BCUT2D eigenvalue weighted by molar-refractivity contribution is 6.06. The van der Waals surface area contributed by atoms with E-state index in [9.17, 15) is 24.5 Å². The van der Waals surface area contributed by atoms with E-state index in [2.05, 4.69) is 5.32 Å². The van der Waals surface area contributed by atoms with E-state index in [1.54, 1.807) is 19.9 Å². The number of nitro benzene ring substituents is 1. The molecule has 2 rings (SSSR count). The number of likely N-dealkylation sites (tertiary alicyclic amines) is 1. The van der Waals surface area contributed by atoms with Gasteiger partial charge in [0, 0.05) is 18.9 Å². The molecule has 116 valence electrons. The quantitative estimate of drug-likeness (QED) is 0.512. The third kappa shape index (κ3) is 2.95. The fourth-order valence-electron chi connectivity index (χ4n) is 2.23. The third-order valence-corrected chi connectivity index (χ3v) is 3.63. The van der Waals surface area contributed by atoms with Crippen LogP contribution in [0.25, 0.3) is 0 Å². The Morgan fingerprint density at radius 2 is 1.86 bits per heavy atom. The van der Waals surface area contributed by atoms with E-state index in [0.29, 0.717) is 5.56 Å². The van der Waals surface area contributed by atoms with Gasteiger partial charge in [0.05, 0.1) is 4.92 Å². The monoisotopic (exact) mass is 305 g/mol. The van der Waals surface area contributed by atoms with E-state index in [1.165, 1.54) is 6.07 Å². The molecular weight excluding hydrogens is 290 g/mol. The third-order valence-electron chi connectivity index (χ3n) is 3.63. The van der Waals surface area contributed by atoms with E-state index < -0.39 is 29.2 Å². The van der Waals surface area contributed by atoms with Gasteiger partial charge in [-0.25, -0.2) is 0 Å². The predicted octanol–water partition coefficient (Wildman–Crippen LogP) is 1.30. The number of hydrogen-bond donors (Lipinski definition) is 1. The van der Waals surface area contributed by atoms with Crippen molar-refractivity contribution in [1.29, 1.82) is 0 Å². The minimum atomic E-state index is -0.639. The Bertz CT molecular complexity index is 667. The number of nitro groups is 1. The second-order valence-corrected chi connectivity index (χ2v) is 5.08. The van der Waals surface area contributed by atoms with Crippen molar-refractivity contribution in [2.75, 3.05) is 11.9 Å². The van der Waals surface area contributed by atoms with Gasteiger partial charge in [0.15, 0.2) is 0 Å². The first-order chi connectivity index (χ1) is 10.3. The zero-order valence-electron chi connectivity index (χ0n) is 12.2. The van der Waals surface area contributed by atoms with Gasteiger partial charge in [-0.05, 0) is 25.0 Å². The molecular formula is C14H15N3O5. The number of nitrogens with zero attached hydrogens (tertiary/aromatic N) is 2. The summed E-state index contributed by atoms with van der Waals surface area (Å²) in [7, 11) is 0. The molecule has 1 aliphatic heterocycles. The Labute approximate surface area is 126 Å². The van der Waals surface area contributed by atoms with Gasteiger partial charge >= 0.3 is 0 Å². The summed E-state index contributed by atoms with van der Waals surface area (Å²) in [5.74, 6) is -1.45. The standard InChI is InChI=1S/C14H15N3O5/c1-8-3-4-10(17(21)22)14(9(8)2)15-11(18)7-16-12(19)5-6-13(16)20/h3-4H,5-7H2,1-2H3,(H,15,18). The molecule has 0 atom stereocenters. The summed E-state index contributed by atoms with van der Waals surface area (Å²) in [6.45, 7) is 2.99. The van der Waals surface area contributed by atoms with Crippen LogP contribution in [0.15, 0.2) is 12.1 Å². The molecule has 1 aromatic rings. The molecule has 1 aromatic carbocycles. The average molecular weight is 305 g/mol. The second kappa shape index (κ2) is 5.92. The van der Waals surface area contributed by atoms with Gasteiger partial charge in [0.1, 0.15) is 12.2 Å². The molecule has 0 aromatic heterocycles. The van der Waals surface area contributed by atoms with Crippen molar-refractivity contribution in [1.82, 2.24) is 4.90 Å². The highest BCUT2D eigenvalue weighted by Gasteiger charge is 2.31. The average Bonchev–Trinajstić information content (AvgIpc) is 2.75. The fraction of sp³-hybridized carbons (Fsp3) is 0.357. The summed E-state index contributed by atoms with van der Waals surface area (Å²) in [6.07, 6.45) is 0.186. The first-order valence-electron chi connectivity index (χ1n) is 6.69. The Morgan fingerprint density at radius 3 is 2.41 bits per heavy atom. The van der Waals surface area contributed by atoms with Gasteiger partial charge in [0.2, 0.25) is 17.7 Å². The highest BCUT2D eigenvalue weighted by Crippen LogP contribution is 2.30. The molecule has 1 heterocycles. The van der Waals surface area contributed by atoms with E-state index in [-0.39, 0.29) is 24.2 Å². The summed E-state index contributed by atoms with van der Waals surface area (Å²) in [5.41, 5.74) is 1.22. The van der Waals surface area contributed by atoms with Crippen LogP contribution in [0, 0.1) is 24.0 Å². The molecule has 3 amide bonds. The first-order valence-corrected chi connectivity index (χ1v) is 6.69. The van der Waals surface area contributed by atoms with Crippen LogP contribution in [0.2, 0.25) is 0 Å². The molecule has 22 heavy (non-hydrogen) atoms. The van der Waals surface area contributed by atoms with Crippen LogP contribution in [0.1, 0.15) is 24.0 Å². The molecule has 1 N–H and O–H groups in total. The first kappa shape index (κ1) is 15.6. The van der Waals surface area contributed by atoms with Gasteiger partial charge in [-0.2, -0.15) is 0 Å². The minimum Gasteiger partial charge on any atom is -0.319 e. The van der Waals surface area contributed by atoms with E-state index >= 15 is 0 Å². The van der Waals surface area contributed by atoms with Crippen LogP contribution in [0.4, 0.5) is 11.4 Å². The number of carbonyl (C=O) groups excluding carboxylic acids is 3. The summed E-state index contributed by atoms with van der Waals surface area (Å²) in [4.78, 5) is 46.3. The number of benzene rings is 1. The molecule has 0 aliphatic carbocycles. The Balaban J connectivity index is 2.21. The smallest absolute Gasteiger partial charge is 0.293 e. The molecule has 0 spiro atoms. The van der Waals surface area contributed by atoms with Crippen molar-refractivity contribution in [3.05, 3.63) is 33.4 Å². The van der Waals surface area contributed by atoms with Crippen LogP contribution < -0.4 is 5.32 Å². The number of hydrogen-bond acceptors (Lipinski definition) is 5. The van der Waals surface area contributed by atoms with Crippen molar-refractivity contribution in [3.8, 4) is 0 Å². The SMILES string of the molecule is Cc1ccc([N+](=O)[O-])c(NC(=O)CN2C(=O)CCC2=O)c1C. The molecule has 1 saturated heterocycles. The van der Waals surface area contributed by atoms with Crippen LogP contribution in [-0.2, 0) is 14.4 Å². The van der Waals surface area contributed by atoms with Gasteiger partial charge in [-0.3, -0.25) is 29.4 Å². The van der Waals surface area contributed by atoms with Crippen LogP contribution in [-0.4, -0.2) is 34.1 Å². The summed E-state index contributed by atoms with van der Waals surface area (Å²) >= 11 is 0. The predicted molar refractivity (Wildman–Crippen MR) is 77.2 cm³/mol. The Kier molecular flexibility index (Phi) is 4.20. The topological polar surface area (TPSA) is 110 Å². The van der Waals surface area contributed by atoms with Gasteiger partial charge < -0.3 is 5.32 Å². The Morgan fingerprint density at radius 1 is 1.27 bits per heavy atom. The summed E-state index contributed by atoms with van der Waals surface area (Å²) in [6, 6.07) is 2.90. The Hall–Kier alpha value is -2.77. The largest absolute Gasteiger partial charge is 0.319 e. The van der Waals surface area contributed by atoms with Crippen LogP contribution in [0.5, 0.6) is 0 Å². The molecule has 8 nitrogen and oxygen atoms in total. The zero-order chi connectivity index (χ0) is 16.4. The number of amides is 3. The number of aryl methyl sites for hydroxylation is 1. The summed E-state index contributed by atoms with van der Waals surface area (Å²) in [5, 5.41) is 13.5. The van der Waals surface area contributed by atoms with E-state index in [1.807, 2.05) is 0 Å². The lowest BCUT2D eigenvalue weighted by Crippen LogP contribution is -2.37. The van der Waals surface area contributed by atoms with Gasteiger partial charge in [-0.15, -0.1) is 0 Å². The maximum Gasteiger partial charge on any atom is 0.293 e. The fourth-order valence-corrected chi connectivity index (χ4v) is 2.23. The van der Waals surface area contributed by atoms with Crippen molar-refractivity contribution in [2.45, 2.75) is 26.7 Å². The number of anilines is 1. The minimum absolute atomic E-state index is 0.0918. The molecule has 0 radical (unpaired) electrons. The molecule has 0 saturated carbocycles. The van der Waals surface area contributed by atoms with Crippen LogP contribution >= 0.6 is 0 Å². The number of rotatable bonds is 4. The maximum atomic E-state index is 12.0. The summed E-state index contributed by atoms with van der Waals surface area (Å²) < 4.78 is 0. The lowest BCUT2D eigenvalue weighted by atomic mass is 10.1. The molecule has 1 fully saturated rings. The van der Waals surface area contributed by atoms with Crippen molar-refractivity contribution < 1.29 is 19.3 Å². The van der Waals surface area contributed by atoms with E-state index in [0.717, 1.165) is 10.5 Å².